The van der Waals surface area contributed by atoms with E-state index in [0.29, 0.717) is 24.2 Å². The first kappa shape index (κ1) is 17.5. The van der Waals surface area contributed by atoms with Crippen LogP contribution in [-0.2, 0) is 11.2 Å². The number of aryl methyl sites for hydroxylation is 1. The molecule has 0 aliphatic carbocycles. The molecule has 0 radical (unpaired) electrons. The maximum absolute atomic E-state index is 12.5. The van der Waals surface area contributed by atoms with Crippen LogP contribution < -0.4 is 14.2 Å². The van der Waals surface area contributed by atoms with Crippen LogP contribution in [0.15, 0.2) is 42.5 Å². The molecule has 5 nitrogen and oxygen atoms in total. The Morgan fingerprint density at radius 3 is 2.12 bits per heavy atom. The van der Waals surface area contributed by atoms with Gasteiger partial charge in [-0.2, -0.15) is 0 Å². The van der Waals surface area contributed by atoms with E-state index in [2.05, 4.69) is 0 Å². The minimum Gasteiger partial charge on any atom is -0.497 e. The molecule has 0 N–H and O–H groups in total. The van der Waals surface area contributed by atoms with Crippen molar-refractivity contribution in [1.82, 2.24) is 0 Å². The average molecular weight is 328 g/mol. The van der Waals surface area contributed by atoms with Gasteiger partial charge in [-0.1, -0.05) is 12.1 Å². The number of carbonyl (C=O) groups excluding carboxylic acids is 2. The average Bonchev–Trinajstić information content (AvgIpc) is 2.59. The molecule has 0 atom stereocenters. The molecule has 0 spiro atoms. The van der Waals surface area contributed by atoms with Crippen molar-refractivity contribution in [3.63, 3.8) is 0 Å². The Hall–Kier alpha value is -2.82. The molecule has 0 aliphatic heterocycles. The minimum atomic E-state index is -0.479. The van der Waals surface area contributed by atoms with Crippen LogP contribution in [0.25, 0.3) is 0 Å². The van der Waals surface area contributed by atoms with Gasteiger partial charge in [-0.15, -0.1) is 0 Å². The number of Topliss-reactive ketones (excluding diaryl/α,β-unsaturated/α-hetero) is 1. The van der Waals surface area contributed by atoms with Crippen molar-refractivity contribution in [3.8, 4) is 17.2 Å². The lowest BCUT2D eigenvalue weighted by Crippen LogP contribution is -2.09. The number of ketones is 1. The maximum atomic E-state index is 12.5. The molecule has 0 fully saturated rings. The lowest BCUT2D eigenvalue weighted by Gasteiger charge is -2.10. The van der Waals surface area contributed by atoms with Crippen LogP contribution in [0.3, 0.4) is 0 Å². The fraction of sp³-hybridized carbons (Fsp3) is 0.263. The molecule has 0 bridgehead atoms. The van der Waals surface area contributed by atoms with E-state index in [1.165, 1.54) is 14.0 Å². The Morgan fingerprint density at radius 1 is 0.917 bits per heavy atom. The summed E-state index contributed by atoms with van der Waals surface area (Å²) < 4.78 is 15.4. The number of rotatable bonds is 7. The predicted octanol–water partition coefficient (Wildman–Crippen LogP) is 3.44. The lowest BCUT2D eigenvalue weighted by atomic mass is 10.0. The van der Waals surface area contributed by atoms with Gasteiger partial charge in [0.1, 0.15) is 17.2 Å². The summed E-state index contributed by atoms with van der Waals surface area (Å²) in [5.41, 5.74) is 1.41. The number of hydrogen-bond donors (Lipinski definition) is 0. The molecule has 0 unspecified atom stereocenters. The highest BCUT2D eigenvalue weighted by Crippen LogP contribution is 2.26. The molecule has 5 heteroatoms. The summed E-state index contributed by atoms with van der Waals surface area (Å²) in [6.45, 7) is 1.30. The van der Waals surface area contributed by atoms with Gasteiger partial charge in [-0.25, -0.2) is 0 Å². The molecule has 2 rings (SSSR count). The van der Waals surface area contributed by atoms with Gasteiger partial charge in [-0.05, 0) is 36.2 Å². The first-order valence-corrected chi connectivity index (χ1v) is 7.56. The molecule has 126 valence electrons. The van der Waals surface area contributed by atoms with Crippen LogP contribution >= 0.6 is 0 Å². The van der Waals surface area contributed by atoms with Crippen molar-refractivity contribution in [2.45, 2.75) is 19.8 Å². The third-order valence-electron chi connectivity index (χ3n) is 3.54. The molecule has 0 aromatic heterocycles. The fourth-order valence-corrected chi connectivity index (χ4v) is 2.28. The van der Waals surface area contributed by atoms with Gasteiger partial charge in [0.05, 0.1) is 19.8 Å². The number of benzene rings is 2. The van der Waals surface area contributed by atoms with Crippen LogP contribution in [0.2, 0.25) is 0 Å². The monoisotopic (exact) mass is 328 g/mol. The summed E-state index contributed by atoms with van der Waals surface area (Å²) in [4.78, 5) is 23.7. The normalized spacial score (nSPS) is 10.1. The fourth-order valence-electron chi connectivity index (χ4n) is 2.28. The zero-order chi connectivity index (χ0) is 17.5. The highest BCUT2D eigenvalue weighted by atomic mass is 16.5. The Morgan fingerprint density at radius 2 is 1.54 bits per heavy atom. The van der Waals surface area contributed by atoms with Crippen molar-refractivity contribution in [2.24, 2.45) is 0 Å². The topological polar surface area (TPSA) is 61.8 Å². The molecule has 24 heavy (non-hydrogen) atoms. The van der Waals surface area contributed by atoms with Crippen molar-refractivity contribution in [1.29, 1.82) is 0 Å². The molecular formula is C19H20O5. The van der Waals surface area contributed by atoms with Gasteiger partial charge in [-0.3, -0.25) is 9.59 Å². The van der Waals surface area contributed by atoms with Crippen LogP contribution in [0, 0.1) is 0 Å². The number of methoxy groups -OCH3 is 2. The molecule has 2 aromatic carbocycles. The van der Waals surface area contributed by atoms with Crippen molar-refractivity contribution in [3.05, 3.63) is 53.6 Å². The summed E-state index contributed by atoms with van der Waals surface area (Å²) in [5, 5.41) is 0. The van der Waals surface area contributed by atoms with Crippen LogP contribution in [0.5, 0.6) is 17.2 Å². The van der Waals surface area contributed by atoms with Gasteiger partial charge in [0.2, 0.25) is 0 Å². The summed E-state index contributed by atoms with van der Waals surface area (Å²) in [5.74, 6) is 0.953. The molecular weight excluding hydrogens is 308 g/mol. The highest BCUT2D eigenvalue weighted by molar-refractivity contribution is 5.99. The Labute approximate surface area is 141 Å². The van der Waals surface area contributed by atoms with Gasteiger partial charge < -0.3 is 14.2 Å². The van der Waals surface area contributed by atoms with Crippen molar-refractivity contribution in [2.75, 3.05) is 14.2 Å². The molecule has 0 heterocycles. The number of ether oxygens (including phenoxy) is 3. The van der Waals surface area contributed by atoms with Gasteiger partial charge in [0.25, 0.3) is 0 Å². The van der Waals surface area contributed by atoms with E-state index in [4.69, 9.17) is 14.2 Å². The van der Waals surface area contributed by atoms with Crippen molar-refractivity contribution < 1.29 is 23.8 Å². The number of carbonyl (C=O) groups is 2. The zero-order valence-corrected chi connectivity index (χ0v) is 14.0. The van der Waals surface area contributed by atoms with Crippen LogP contribution in [-0.4, -0.2) is 26.0 Å². The Kier molecular flexibility index (Phi) is 5.95. The Balaban J connectivity index is 2.11. The standard InChI is InChI=1S/C19H20O5/c1-13(20)24-19-12-16(23-3)9-10-17(19)18(21)11-6-14-4-7-15(22-2)8-5-14/h4-5,7-10,12H,6,11H2,1-3H3. The third-order valence-corrected chi connectivity index (χ3v) is 3.54. The maximum Gasteiger partial charge on any atom is 0.308 e. The second-order valence-corrected chi connectivity index (χ2v) is 5.23. The van der Waals surface area contributed by atoms with Crippen LogP contribution in [0.1, 0.15) is 29.3 Å². The van der Waals surface area contributed by atoms with E-state index >= 15 is 0 Å². The smallest absolute Gasteiger partial charge is 0.308 e. The van der Waals surface area contributed by atoms with E-state index in [0.717, 1.165) is 11.3 Å². The van der Waals surface area contributed by atoms with E-state index in [9.17, 15) is 9.59 Å². The minimum absolute atomic E-state index is 0.0929. The quantitative estimate of drug-likeness (QED) is 0.442. The van der Waals surface area contributed by atoms with E-state index < -0.39 is 5.97 Å². The van der Waals surface area contributed by atoms with Crippen molar-refractivity contribution >= 4 is 11.8 Å². The lowest BCUT2D eigenvalue weighted by molar-refractivity contribution is -0.131. The van der Waals surface area contributed by atoms with Gasteiger partial charge >= 0.3 is 5.97 Å². The molecule has 0 aliphatic rings. The first-order valence-electron chi connectivity index (χ1n) is 7.56. The molecule has 2 aromatic rings. The third kappa shape index (κ3) is 4.59. The molecule has 0 saturated carbocycles. The van der Waals surface area contributed by atoms with Gasteiger partial charge in [0, 0.05) is 19.4 Å². The van der Waals surface area contributed by atoms with Gasteiger partial charge in [0.15, 0.2) is 5.78 Å². The summed E-state index contributed by atoms with van der Waals surface area (Å²) in [7, 11) is 3.12. The van der Waals surface area contributed by atoms with Crippen LogP contribution in [0.4, 0.5) is 0 Å². The first-order chi connectivity index (χ1) is 11.5. The molecule has 0 saturated heterocycles. The zero-order valence-electron chi connectivity index (χ0n) is 14.0. The largest absolute Gasteiger partial charge is 0.497 e. The SMILES string of the molecule is COc1ccc(CCC(=O)c2ccc(OC)cc2OC(C)=O)cc1. The number of hydrogen-bond acceptors (Lipinski definition) is 5. The highest BCUT2D eigenvalue weighted by Gasteiger charge is 2.15. The second-order valence-electron chi connectivity index (χ2n) is 5.23. The summed E-state index contributed by atoms with van der Waals surface area (Å²) in [6, 6.07) is 12.4. The van der Waals surface area contributed by atoms with E-state index in [1.807, 2.05) is 24.3 Å². The number of esters is 1. The molecule has 0 amide bonds. The second kappa shape index (κ2) is 8.15. The predicted molar refractivity (Wildman–Crippen MR) is 89.9 cm³/mol. The Bertz CT molecular complexity index is 719. The summed E-state index contributed by atoms with van der Waals surface area (Å²) in [6.07, 6.45) is 0.904. The summed E-state index contributed by atoms with van der Waals surface area (Å²) >= 11 is 0. The van der Waals surface area contributed by atoms with E-state index in [1.54, 1.807) is 25.3 Å². The van der Waals surface area contributed by atoms with E-state index in [-0.39, 0.29) is 11.5 Å².